The highest BCUT2D eigenvalue weighted by Gasteiger charge is 2.19. The number of pyridine rings is 1. The Morgan fingerprint density at radius 2 is 2.20 bits per heavy atom. The Balaban J connectivity index is 2.05. The van der Waals surface area contributed by atoms with Crippen LogP contribution < -0.4 is 5.73 Å². The zero-order valence-corrected chi connectivity index (χ0v) is 11.8. The zero-order chi connectivity index (χ0) is 14.4. The minimum absolute atomic E-state index is 0.00126. The van der Waals surface area contributed by atoms with Gasteiger partial charge in [0.2, 0.25) is 0 Å². The van der Waals surface area contributed by atoms with Gasteiger partial charge in [0.05, 0.1) is 6.54 Å². The number of carbonyl (C=O) groups is 1. The molecule has 0 radical (unpaired) electrons. The molecule has 1 amide bonds. The fraction of sp³-hybridized carbons (Fsp3) is 0.467. The summed E-state index contributed by atoms with van der Waals surface area (Å²) in [7, 11) is 2.08. The second kappa shape index (κ2) is 7.04. The van der Waals surface area contributed by atoms with E-state index in [4.69, 9.17) is 5.73 Å². The summed E-state index contributed by atoms with van der Waals surface area (Å²) < 4.78 is 0. The first kappa shape index (κ1) is 14.5. The SMILES string of the molecule is CN1CCCN(C(=O)c2ccc(C#CCN)cn2)CC1. The standard InChI is InChI=1S/C15H20N4O/c1-18-8-3-9-19(11-10-18)15(20)14-6-5-13(12-17-14)4-2-7-16/h5-6,12H,3,7-11,16H2,1H3. The van der Waals surface area contributed by atoms with Gasteiger partial charge in [0.25, 0.3) is 5.91 Å². The molecule has 1 aliphatic rings. The molecular formula is C15H20N4O. The molecule has 2 heterocycles. The van der Waals surface area contributed by atoms with E-state index in [1.807, 2.05) is 11.0 Å². The van der Waals surface area contributed by atoms with Gasteiger partial charge in [0, 0.05) is 31.4 Å². The van der Waals surface area contributed by atoms with Crippen molar-refractivity contribution in [2.24, 2.45) is 5.73 Å². The van der Waals surface area contributed by atoms with Crippen molar-refractivity contribution >= 4 is 5.91 Å². The molecule has 1 saturated heterocycles. The second-order valence-electron chi connectivity index (χ2n) is 4.89. The van der Waals surface area contributed by atoms with Gasteiger partial charge in [-0.05, 0) is 32.1 Å². The molecule has 2 N–H and O–H groups in total. The monoisotopic (exact) mass is 272 g/mol. The quantitative estimate of drug-likeness (QED) is 0.740. The number of hydrogen-bond donors (Lipinski definition) is 1. The number of likely N-dealkylation sites (N-methyl/N-ethyl adjacent to an activating group) is 1. The molecule has 5 heteroatoms. The summed E-state index contributed by atoms with van der Waals surface area (Å²) in [4.78, 5) is 20.7. The fourth-order valence-electron chi connectivity index (χ4n) is 2.16. The Morgan fingerprint density at radius 3 is 2.90 bits per heavy atom. The van der Waals surface area contributed by atoms with Gasteiger partial charge in [0.15, 0.2) is 0 Å². The number of amides is 1. The van der Waals surface area contributed by atoms with Crippen LogP contribution in [0.2, 0.25) is 0 Å². The first-order valence-electron chi connectivity index (χ1n) is 6.83. The molecule has 20 heavy (non-hydrogen) atoms. The molecule has 0 aliphatic carbocycles. The smallest absolute Gasteiger partial charge is 0.272 e. The van der Waals surface area contributed by atoms with Gasteiger partial charge in [-0.2, -0.15) is 0 Å². The van der Waals surface area contributed by atoms with Crippen LogP contribution in [-0.4, -0.2) is 60.5 Å². The summed E-state index contributed by atoms with van der Waals surface area (Å²) >= 11 is 0. The van der Waals surface area contributed by atoms with Crippen molar-refractivity contribution in [1.29, 1.82) is 0 Å². The van der Waals surface area contributed by atoms with Crippen LogP contribution in [0.5, 0.6) is 0 Å². The Hall–Kier alpha value is -1.90. The summed E-state index contributed by atoms with van der Waals surface area (Å²) in [6.45, 7) is 3.81. The maximum Gasteiger partial charge on any atom is 0.272 e. The number of rotatable bonds is 1. The zero-order valence-electron chi connectivity index (χ0n) is 11.8. The van der Waals surface area contributed by atoms with E-state index in [2.05, 4.69) is 28.8 Å². The lowest BCUT2D eigenvalue weighted by molar-refractivity contribution is 0.0757. The van der Waals surface area contributed by atoms with Crippen molar-refractivity contribution in [3.63, 3.8) is 0 Å². The number of nitrogens with zero attached hydrogens (tertiary/aromatic N) is 3. The molecule has 1 aromatic heterocycles. The molecule has 106 valence electrons. The molecule has 0 bridgehead atoms. The second-order valence-corrected chi connectivity index (χ2v) is 4.89. The fourth-order valence-corrected chi connectivity index (χ4v) is 2.16. The summed E-state index contributed by atoms with van der Waals surface area (Å²) in [5.41, 5.74) is 6.58. The number of nitrogens with two attached hydrogens (primary N) is 1. The van der Waals surface area contributed by atoms with Crippen LogP contribution in [0.15, 0.2) is 18.3 Å². The summed E-state index contributed by atoms with van der Waals surface area (Å²) in [5, 5.41) is 0. The molecule has 0 spiro atoms. The average molecular weight is 272 g/mol. The lowest BCUT2D eigenvalue weighted by Gasteiger charge is -2.20. The van der Waals surface area contributed by atoms with Crippen LogP contribution in [0, 0.1) is 11.8 Å². The third kappa shape index (κ3) is 3.80. The van der Waals surface area contributed by atoms with Crippen LogP contribution in [-0.2, 0) is 0 Å². The van der Waals surface area contributed by atoms with Gasteiger partial charge in [-0.3, -0.25) is 4.79 Å². The molecule has 0 aromatic carbocycles. The summed E-state index contributed by atoms with van der Waals surface area (Å²) in [6.07, 6.45) is 2.63. The molecule has 0 atom stereocenters. The Labute approximate surface area is 119 Å². The average Bonchev–Trinajstić information content (AvgIpc) is 2.70. The molecule has 0 saturated carbocycles. The van der Waals surface area contributed by atoms with Gasteiger partial charge in [-0.1, -0.05) is 11.8 Å². The van der Waals surface area contributed by atoms with E-state index in [1.54, 1.807) is 12.3 Å². The van der Waals surface area contributed by atoms with Gasteiger partial charge in [0.1, 0.15) is 5.69 Å². The third-order valence-corrected chi connectivity index (χ3v) is 3.32. The van der Waals surface area contributed by atoms with Gasteiger partial charge in [-0.25, -0.2) is 4.98 Å². The maximum atomic E-state index is 12.4. The van der Waals surface area contributed by atoms with E-state index in [0.717, 1.165) is 38.2 Å². The van der Waals surface area contributed by atoms with Crippen molar-refractivity contribution in [2.45, 2.75) is 6.42 Å². The maximum absolute atomic E-state index is 12.4. The molecule has 2 rings (SSSR count). The lowest BCUT2D eigenvalue weighted by Crippen LogP contribution is -2.34. The molecule has 1 aromatic rings. The molecule has 1 fully saturated rings. The third-order valence-electron chi connectivity index (χ3n) is 3.32. The van der Waals surface area contributed by atoms with Gasteiger partial charge >= 0.3 is 0 Å². The first-order chi connectivity index (χ1) is 9.70. The highest BCUT2D eigenvalue weighted by atomic mass is 16.2. The highest BCUT2D eigenvalue weighted by molar-refractivity contribution is 5.92. The Morgan fingerprint density at radius 1 is 1.35 bits per heavy atom. The number of hydrogen-bond acceptors (Lipinski definition) is 4. The number of carbonyl (C=O) groups excluding carboxylic acids is 1. The summed E-state index contributed by atoms with van der Waals surface area (Å²) in [5.74, 6) is 5.66. The Kier molecular flexibility index (Phi) is 5.10. The van der Waals surface area contributed by atoms with Gasteiger partial charge in [-0.15, -0.1) is 0 Å². The minimum Gasteiger partial charge on any atom is -0.336 e. The van der Waals surface area contributed by atoms with E-state index in [1.165, 1.54) is 0 Å². The molecule has 1 aliphatic heterocycles. The van der Waals surface area contributed by atoms with E-state index in [0.29, 0.717) is 12.2 Å². The molecule has 5 nitrogen and oxygen atoms in total. The van der Waals surface area contributed by atoms with Crippen molar-refractivity contribution < 1.29 is 4.79 Å². The lowest BCUT2D eigenvalue weighted by atomic mass is 10.2. The van der Waals surface area contributed by atoms with E-state index in [9.17, 15) is 4.79 Å². The largest absolute Gasteiger partial charge is 0.336 e. The first-order valence-corrected chi connectivity index (χ1v) is 6.83. The van der Waals surface area contributed by atoms with Crippen molar-refractivity contribution in [3.8, 4) is 11.8 Å². The minimum atomic E-state index is -0.00126. The van der Waals surface area contributed by atoms with Crippen LogP contribution >= 0.6 is 0 Å². The highest BCUT2D eigenvalue weighted by Crippen LogP contribution is 2.07. The van der Waals surface area contributed by atoms with Crippen molar-refractivity contribution in [2.75, 3.05) is 39.8 Å². The van der Waals surface area contributed by atoms with E-state index < -0.39 is 0 Å². The Bertz CT molecular complexity index is 515. The van der Waals surface area contributed by atoms with Crippen molar-refractivity contribution in [1.82, 2.24) is 14.8 Å². The normalized spacial score (nSPS) is 16.2. The topological polar surface area (TPSA) is 62.5 Å². The van der Waals surface area contributed by atoms with E-state index in [-0.39, 0.29) is 5.91 Å². The van der Waals surface area contributed by atoms with Crippen molar-refractivity contribution in [3.05, 3.63) is 29.6 Å². The predicted molar refractivity (Wildman–Crippen MR) is 78.2 cm³/mol. The van der Waals surface area contributed by atoms with Crippen LogP contribution in [0.3, 0.4) is 0 Å². The predicted octanol–water partition coefficient (Wildman–Crippen LogP) is 0.170. The molecular weight excluding hydrogens is 252 g/mol. The number of aromatic nitrogens is 1. The van der Waals surface area contributed by atoms with Crippen LogP contribution in [0.4, 0.5) is 0 Å². The van der Waals surface area contributed by atoms with Crippen LogP contribution in [0.1, 0.15) is 22.5 Å². The summed E-state index contributed by atoms with van der Waals surface area (Å²) in [6, 6.07) is 3.55. The molecule has 0 unspecified atom stereocenters. The van der Waals surface area contributed by atoms with E-state index >= 15 is 0 Å². The van der Waals surface area contributed by atoms with Gasteiger partial charge < -0.3 is 15.5 Å². The van der Waals surface area contributed by atoms with Crippen LogP contribution in [0.25, 0.3) is 0 Å².